The number of nitrogens with two attached hydrogens (primary N) is 2. The van der Waals surface area contributed by atoms with Crippen LogP contribution >= 0.6 is 0 Å². The SMILES string of the molecule is CCc1nc2c(cnn2CC)c(NC2CCN(C(N)=O)CC2)c1CNC(=O)C1CCC(C(=O)NCc2c(CC)nc3c(cnn3CC)c2NC2CCN(C(N)=O)CC2)C1. The van der Waals surface area contributed by atoms with E-state index in [9.17, 15) is 19.2 Å². The van der Waals surface area contributed by atoms with E-state index in [-0.39, 0.29) is 35.7 Å². The lowest BCUT2D eigenvalue weighted by Crippen LogP contribution is -2.44. The maximum absolute atomic E-state index is 13.8. The first kappa shape index (κ1) is 41.5. The van der Waals surface area contributed by atoms with Crippen molar-refractivity contribution in [2.75, 3.05) is 36.8 Å². The summed E-state index contributed by atoms with van der Waals surface area (Å²) in [6, 6.07) is -0.575. The number of aromatic nitrogens is 6. The number of nitrogens with zero attached hydrogens (tertiary/aromatic N) is 8. The van der Waals surface area contributed by atoms with Crippen molar-refractivity contribution in [1.29, 1.82) is 0 Å². The molecular weight excluding hydrogens is 753 g/mol. The van der Waals surface area contributed by atoms with Crippen molar-refractivity contribution in [3.05, 3.63) is 34.9 Å². The Hall–Kier alpha value is -5.68. The second-order valence-corrected chi connectivity index (χ2v) is 16.1. The zero-order chi connectivity index (χ0) is 41.8. The molecule has 7 rings (SSSR count). The molecule has 6 amide bonds. The predicted octanol–water partition coefficient (Wildman–Crippen LogP) is 3.60. The van der Waals surface area contributed by atoms with Crippen molar-refractivity contribution >= 4 is 57.3 Å². The molecule has 59 heavy (non-hydrogen) atoms. The van der Waals surface area contributed by atoms with Gasteiger partial charge in [-0.15, -0.1) is 0 Å². The van der Waals surface area contributed by atoms with Gasteiger partial charge in [-0.3, -0.25) is 9.59 Å². The van der Waals surface area contributed by atoms with E-state index in [2.05, 4.69) is 45.3 Å². The van der Waals surface area contributed by atoms with Crippen LogP contribution in [0.25, 0.3) is 22.1 Å². The van der Waals surface area contributed by atoms with Crippen LogP contribution in [-0.2, 0) is 48.6 Å². The third-order valence-corrected chi connectivity index (χ3v) is 12.6. The van der Waals surface area contributed by atoms with Gasteiger partial charge in [0.05, 0.1) is 34.5 Å². The Morgan fingerprint density at radius 3 is 1.36 bits per heavy atom. The maximum atomic E-state index is 13.8. The summed E-state index contributed by atoms with van der Waals surface area (Å²) < 4.78 is 3.77. The van der Waals surface area contributed by atoms with E-state index in [0.29, 0.717) is 84.5 Å². The Kier molecular flexibility index (Phi) is 12.7. The normalized spacial score (nSPS) is 19.1. The number of aryl methyl sites for hydroxylation is 4. The lowest BCUT2D eigenvalue weighted by atomic mass is 10.0. The van der Waals surface area contributed by atoms with E-state index in [4.69, 9.17) is 21.4 Å². The summed E-state index contributed by atoms with van der Waals surface area (Å²) >= 11 is 0. The lowest BCUT2D eigenvalue weighted by Gasteiger charge is -2.32. The van der Waals surface area contributed by atoms with Gasteiger partial charge in [-0.2, -0.15) is 10.2 Å². The summed E-state index contributed by atoms with van der Waals surface area (Å²) in [5.41, 5.74) is 18.2. The fourth-order valence-corrected chi connectivity index (χ4v) is 9.10. The second kappa shape index (κ2) is 18.1. The number of carbonyl (C=O) groups excluding carboxylic acids is 4. The average molecular weight is 813 g/mol. The van der Waals surface area contributed by atoms with Crippen LogP contribution in [0.15, 0.2) is 12.4 Å². The van der Waals surface area contributed by atoms with E-state index >= 15 is 0 Å². The molecule has 3 fully saturated rings. The molecule has 2 atom stereocenters. The lowest BCUT2D eigenvalue weighted by molar-refractivity contribution is -0.126. The number of nitrogens with one attached hydrogen (secondary N) is 4. The maximum Gasteiger partial charge on any atom is 0.314 e. The first-order valence-corrected chi connectivity index (χ1v) is 21.4. The first-order chi connectivity index (χ1) is 28.5. The predicted molar refractivity (Wildman–Crippen MR) is 225 cm³/mol. The fraction of sp³-hybridized carbons (Fsp3) is 0.610. The third kappa shape index (κ3) is 8.71. The molecule has 2 aliphatic heterocycles. The van der Waals surface area contributed by atoms with Gasteiger partial charge in [0.1, 0.15) is 0 Å². The number of primary amides is 2. The van der Waals surface area contributed by atoms with Gasteiger partial charge in [-0.1, -0.05) is 13.8 Å². The van der Waals surface area contributed by atoms with Crippen LogP contribution in [0.3, 0.4) is 0 Å². The summed E-state index contributed by atoms with van der Waals surface area (Å²) in [5, 5.41) is 24.9. The number of fused-ring (bicyclic) bond motifs is 2. The molecule has 318 valence electrons. The molecule has 1 saturated carbocycles. The van der Waals surface area contributed by atoms with Crippen LogP contribution in [0, 0.1) is 11.8 Å². The molecule has 4 aromatic rings. The average Bonchev–Trinajstić information content (AvgIpc) is 4.01. The van der Waals surface area contributed by atoms with E-state index in [1.807, 2.05) is 35.6 Å². The Morgan fingerprint density at radius 1 is 0.627 bits per heavy atom. The van der Waals surface area contributed by atoms with Crippen molar-refractivity contribution in [2.24, 2.45) is 23.3 Å². The summed E-state index contributed by atoms with van der Waals surface area (Å²) in [6.45, 7) is 12.4. The zero-order valence-electron chi connectivity index (χ0n) is 34.9. The number of pyridine rings is 2. The van der Waals surface area contributed by atoms with Crippen LogP contribution < -0.4 is 32.7 Å². The van der Waals surface area contributed by atoms with Gasteiger partial charge in [0, 0.05) is 98.8 Å². The zero-order valence-corrected chi connectivity index (χ0v) is 34.9. The van der Waals surface area contributed by atoms with Gasteiger partial charge in [0.15, 0.2) is 11.3 Å². The first-order valence-electron chi connectivity index (χ1n) is 21.4. The molecule has 0 spiro atoms. The molecule has 3 aliphatic rings. The van der Waals surface area contributed by atoms with Gasteiger partial charge in [0.2, 0.25) is 11.8 Å². The largest absolute Gasteiger partial charge is 0.381 e. The Labute approximate surface area is 344 Å². The van der Waals surface area contributed by atoms with E-state index in [1.54, 1.807) is 9.80 Å². The molecule has 4 aromatic heterocycles. The van der Waals surface area contributed by atoms with Gasteiger partial charge < -0.3 is 42.5 Å². The number of likely N-dealkylation sites (tertiary alicyclic amines) is 2. The van der Waals surface area contributed by atoms with Gasteiger partial charge >= 0.3 is 12.1 Å². The molecule has 0 aromatic carbocycles. The summed E-state index contributed by atoms with van der Waals surface area (Å²) in [7, 11) is 0. The van der Waals surface area contributed by atoms with E-state index in [1.165, 1.54) is 0 Å². The number of carbonyl (C=O) groups is 4. The van der Waals surface area contributed by atoms with Crippen LogP contribution in [0.2, 0.25) is 0 Å². The van der Waals surface area contributed by atoms with E-state index in [0.717, 1.165) is 81.6 Å². The number of piperidine rings is 2. The highest BCUT2D eigenvalue weighted by Gasteiger charge is 2.35. The van der Waals surface area contributed by atoms with Gasteiger partial charge in [-0.05, 0) is 71.6 Å². The number of amides is 6. The number of hydrogen-bond acceptors (Lipinski definition) is 10. The van der Waals surface area contributed by atoms with Gasteiger partial charge in [0.25, 0.3) is 0 Å². The molecule has 18 nitrogen and oxygen atoms in total. The molecule has 18 heteroatoms. The molecule has 2 unspecified atom stereocenters. The number of anilines is 2. The summed E-state index contributed by atoms with van der Waals surface area (Å²) in [6.07, 6.45) is 9.71. The third-order valence-electron chi connectivity index (χ3n) is 12.6. The number of urea groups is 2. The second-order valence-electron chi connectivity index (χ2n) is 16.1. The molecule has 0 radical (unpaired) electrons. The highest BCUT2D eigenvalue weighted by molar-refractivity contribution is 5.93. The highest BCUT2D eigenvalue weighted by Crippen LogP contribution is 2.35. The molecule has 0 bridgehead atoms. The molecular formula is C41H60N14O4. The Balaban J connectivity index is 1.02. The smallest absolute Gasteiger partial charge is 0.314 e. The van der Waals surface area contributed by atoms with Crippen LogP contribution in [-0.4, -0.2) is 101 Å². The van der Waals surface area contributed by atoms with Crippen molar-refractivity contribution < 1.29 is 19.2 Å². The minimum Gasteiger partial charge on any atom is -0.381 e. The summed E-state index contributed by atoms with van der Waals surface area (Å²) in [4.78, 5) is 64.5. The van der Waals surface area contributed by atoms with Gasteiger partial charge in [-0.25, -0.2) is 28.9 Å². The molecule has 1 aliphatic carbocycles. The minimum atomic E-state index is -0.401. The molecule has 6 heterocycles. The Bertz CT molecular complexity index is 2030. The summed E-state index contributed by atoms with van der Waals surface area (Å²) in [5.74, 6) is -0.732. The number of hydrogen-bond donors (Lipinski definition) is 6. The van der Waals surface area contributed by atoms with Crippen molar-refractivity contribution in [3.8, 4) is 0 Å². The minimum absolute atomic E-state index is 0.0721. The fourth-order valence-electron chi connectivity index (χ4n) is 9.10. The Morgan fingerprint density at radius 2 is 1.02 bits per heavy atom. The molecule has 2 saturated heterocycles. The van der Waals surface area contributed by atoms with Crippen LogP contribution in [0.5, 0.6) is 0 Å². The highest BCUT2D eigenvalue weighted by atomic mass is 16.2. The molecule has 8 N–H and O–H groups in total. The van der Waals surface area contributed by atoms with Crippen molar-refractivity contribution in [2.45, 2.75) is 124 Å². The van der Waals surface area contributed by atoms with E-state index < -0.39 is 12.1 Å². The quantitative estimate of drug-likeness (QED) is 0.108. The monoisotopic (exact) mass is 812 g/mol. The topological polar surface area (TPSA) is 236 Å². The van der Waals surface area contributed by atoms with Crippen molar-refractivity contribution in [1.82, 2.24) is 50.0 Å². The standard InChI is InChI=1S/C41H60N14O4/c1-5-32-28(34(30-22-46-54(7-3)36(30)50-32)48-26-11-15-52(16-12-26)40(42)58)20-44-38(56)24-9-10-25(19-24)39(57)45-21-29-33(6-2)51-37-31(23-47-55(37)8-4)35(29)49-27-13-17-53(18-14-27)41(43)59/h22-27H,5-21H2,1-4H3,(H2,42,58)(H2,43,59)(H,44,56)(H,45,57)(H,48,50)(H,49,51). The van der Waals surface area contributed by atoms with Crippen LogP contribution in [0.1, 0.15) is 95.2 Å². The number of rotatable bonds is 14. The van der Waals surface area contributed by atoms with Crippen molar-refractivity contribution in [3.63, 3.8) is 0 Å². The van der Waals surface area contributed by atoms with Crippen LogP contribution in [0.4, 0.5) is 21.0 Å².